The van der Waals surface area contributed by atoms with Crippen molar-refractivity contribution in [3.63, 3.8) is 0 Å². The van der Waals surface area contributed by atoms with Gasteiger partial charge in [-0.1, -0.05) is 19.8 Å². The Hall–Kier alpha value is 0.340. The van der Waals surface area contributed by atoms with Gasteiger partial charge in [0.05, 0.1) is 6.61 Å². The Kier molecular flexibility index (Phi) is 13.1. The molecule has 0 bridgehead atoms. The molecule has 0 unspecified atom stereocenters. The average molecular weight is 262 g/mol. The summed E-state index contributed by atoms with van der Waals surface area (Å²) in [5.41, 5.74) is 0. The number of hydrogen-bond donors (Lipinski definition) is 0. The van der Waals surface area contributed by atoms with Crippen molar-refractivity contribution in [1.82, 2.24) is 0 Å². The van der Waals surface area contributed by atoms with Crippen molar-refractivity contribution in [3.05, 3.63) is 0 Å². The van der Waals surface area contributed by atoms with Crippen LogP contribution in [0.1, 0.15) is 39.5 Å². The van der Waals surface area contributed by atoms with Crippen molar-refractivity contribution in [1.29, 1.82) is 0 Å². The fraction of sp³-hybridized carbons (Fsp3) is 0.875. The molecule has 0 atom stereocenters. The van der Waals surface area contributed by atoms with Gasteiger partial charge in [-0.2, -0.15) is 0 Å². The standard InChI is InChI=1S/C8H16O2.In.3H/c1-3-5-6-7-8(9)10-4-2;;;;/h3-7H2,1-2H3;;;;. The van der Waals surface area contributed by atoms with E-state index in [4.69, 9.17) is 4.74 Å². The van der Waals surface area contributed by atoms with Gasteiger partial charge in [-0.3, -0.25) is 4.79 Å². The van der Waals surface area contributed by atoms with Crippen LogP contribution < -0.4 is 0 Å². The molecule has 0 fully saturated rings. The van der Waals surface area contributed by atoms with E-state index in [0.29, 0.717) is 13.0 Å². The Morgan fingerprint density at radius 1 is 1.27 bits per heavy atom. The molecule has 0 rings (SSSR count). The van der Waals surface area contributed by atoms with Gasteiger partial charge in [0.15, 0.2) is 0 Å². The molecule has 0 aliphatic heterocycles. The number of carbonyl (C=O) groups excluding carboxylic acids is 1. The molecular weight excluding hydrogens is 243 g/mol. The van der Waals surface area contributed by atoms with Crippen LogP contribution in [0.2, 0.25) is 0 Å². The first-order chi connectivity index (χ1) is 4.81. The molecule has 11 heavy (non-hydrogen) atoms. The van der Waals surface area contributed by atoms with Gasteiger partial charge in [-0.05, 0) is 13.3 Å². The SMILES string of the molecule is CCCCCC(=O)OCC.[InH3]. The second-order valence-electron chi connectivity index (χ2n) is 2.26. The summed E-state index contributed by atoms with van der Waals surface area (Å²) in [7, 11) is 0. The molecule has 0 aliphatic rings. The molecule has 0 radical (unpaired) electrons. The molecule has 0 heterocycles. The Labute approximate surface area is 87.5 Å². The molecule has 0 amide bonds. The molecule has 0 aromatic rings. The normalized spacial score (nSPS) is 8.55. The molecule has 0 aliphatic carbocycles. The summed E-state index contributed by atoms with van der Waals surface area (Å²) < 4.78 is 4.75. The van der Waals surface area contributed by atoms with E-state index in [0.717, 1.165) is 19.3 Å². The summed E-state index contributed by atoms with van der Waals surface area (Å²) in [5, 5.41) is 0. The predicted octanol–water partition coefficient (Wildman–Crippen LogP) is 0.946. The van der Waals surface area contributed by atoms with Crippen molar-refractivity contribution in [2.75, 3.05) is 6.61 Å². The molecule has 3 heteroatoms. The van der Waals surface area contributed by atoms with Gasteiger partial charge in [0, 0.05) is 6.42 Å². The second kappa shape index (κ2) is 10.3. The molecular formula is C8H19InO2. The third-order valence-electron chi connectivity index (χ3n) is 1.29. The molecule has 0 saturated heterocycles. The van der Waals surface area contributed by atoms with Gasteiger partial charge >= 0.3 is 31.8 Å². The fourth-order valence-electron chi connectivity index (χ4n) is 0.752. The Balaban J connectivity index is 0. The van der Waals surface area contributed by atoms with Gasteiger partial charge in [0.1, 0.15) is 0 Å². The Bertz CT molecular complexity index is 94.1. The van der Waals surface area contributed by atoms with Gasteiger partial charge in [-0.15, -0.1) is 0 Å². The summed E-state index contributed by atoms with van der Waals surface area (Å²) in [6, 6.07) is 0. The van der Waals surface area contributed by atoms with Crippen LogP contribution in [0, 0.1) is 0 Å². The molecule has 0 saturated carbocycles. The molecule has 66 valence electrons. The zero-order valence-corrected chi connectivity index (χ0v) is 6.85. The number of esters is 1. The predicted molar refractivity (Wildman–Crippen MR) is 50.7 cm³/mol. The molecule has 0 N–H and O–H groups in total. The van der Waals surface area contributed by atoms with Crippen molar-refractivity contribution in [2.24, 2.45) is 0 Å². The summed E-state index contributed by atoms with van der Waals surface area (Å²) in [6.07, 6.45) is 3.83. The number of carbonyl (C=O) groups is 1. The van der Waals surface area contributed by atoms with Crippen LogP contribution in [0.4, 0.5) is 0 Å². The minimum absolute atomic E-state index is 0. The number of hydrogen-bond acceptors (Lipinski definition) is 2. The topological polar surface area (TPSA) is 26.3 Å². The van der Waals surface area contributed by atoms with Crippen LogP contribution in [0.5, 0.6) is 0 Å². The van der Waals surface area contributed by atoms with E-state index in [2.05, 4.69) is 6.92 Å². The first kappa shape index (κ1) is 13.9. The molecule has 0 spiro atoms. The van der Waals surface area contributed by atoms with Crippen molar-refractivity contribution in [3.8, 4) is 0 Å². The molecule has 0 aromatic heterocycles. The summed E-state index contributed by atoms with van der Waals surface area (Å²) in [4.78, 5) is 10.7. The van der Waals surface area contributed by atoms with Gasteiger partial charge < -0.3 is 4.74 Å². The zero-order chi connectivity index (χ0) is 7.82. The van der Waals surface area contributed by atoms with E-state index in [9.17, 15) is 4.79 Å². The van der Waals surface area contributed by atoms with Gasteiger partial charge in [0.2, 0.25) is 0 Å². The second-order valence-corrected chi connectivity index (χ2v) is 2.26. The third kappa shape index (κ3) is 10.3. The van der Waals surface area contributed by atoms with E-state index in [1.807, 2.05) is 6.92 Å². The quantitative estimate of drug-likeness (QED) is 0.544. The van der Waals surface area contributed by atoms with Gasteiger partial charge in [-0.25, -0.2) is 0 Å². The third-order valence-corrected chi connectivity index (χ3v) is 1.29. The summed E-state index contributed by atoms with van der Waals surface area (Å²) >= 11 is 0. The summed E-state index contributed by atoms with van der Waals surface area (Å²) in [5.74, 6) is -0.0593. The monoisotopic (exact) mass is 262 g/mol. The number of rotatable bonds is 5. The van der Waals surface area contributed by atoms with Crippen molar-refractivity contribution < 1.29 is 9.53 Å². The van der Waals surface area contributed by atoms with Gasteiger partial charge in [0.25, 0.3) is 0 Å². The van der Waals surface area contributed by atoms with Crippen molar-refractivity contribution in [2.45, 2.75) is 39.5 Å². The average Bonchev–Trinajstić information content (AvgIpc) is 1.89. The maximum absolute atomic E-state index is 10.7. The first-order valence-electron chi connectivity index (χ1n) is 3.96. The maximum atomic E-state index is 10.7. The molecule has 2 nitrogen and oxygen atoms in total. The van der Waals surface area contributed by atoms with Crippen LogP contribution in [0.3, 0.4) is 0 Å². The van der Waals surface area contributed by atoms with Crippen LogP contribution in [-0.4, -0.2) is 38.4 Å². The Morgan fingerprint density at radius 3 is 2.36 bits per heavy atom. The van der Waals surface area contributed by atoms with Crippen LogP contribution in [0.25, 0.3) is 0 Å². The van der Waals surface area contributed by atoms with Crippen LogP contribution >= 0.6 is 0 Å². The zero-order valence-electron chi connectivity index (χ0n) is 6.85. The van der Waals surface area contributed by atoms with E-state index >= 15 is 0 Å². The number of unbranched alkanes of at least 4 members (excludes halogenated alkanes) is 2. The van der Waals surface area contributed by atoms with Crippen LogP contribution in [-0.2, 0) is 9.53 Å². The minimum atomic E-state index is -0.0593. The molecule has 0 aromatic carbocycles. The van der Waals surface area contributed by atoms with E-state index in [-0.39, 0.29) is 31.8 Å². The Morgan fingerprint density at radius 2 is 1.91 bits per heavy atom. The van der Waals surface area contributed by atoms with E-state index in [1.165, 1.54) is 0 Å². The summed E-state index contributed by atoms with van der Waals surface area (Å²) in [6.45, 7) is 4.45. The number of ether oxygens (including phenoxy) is 1. The van der Waals surface area contributed by atoms with Crippen molar-refractivity contribution >= 4 is 31.8 Å². The van der Waals surface area contributed by atoms with Crippen LogP contribution in [0.15, 0.2) is 0 Å². The first-order valence-corrected chi connectivity index (χ1v) is 3.96. The van der Waals surface area contributed by atoms with E-state index in [1.54, 1.807) is 0 Å². The fourth-order valence-corrected chi connectivity index (χ4v) is 0.752. The van der Waals surface area contributed by atoms with E-state index < -0.39 is 0 Å².